The third-order valence-corrected chi connectivity index (χ3v) is 4.83. The number of carbonyl (C=O) groups is 1. The highest BCUT2D eigenvalue weighted by molar-refractivity contribution is 5.79. The lowest BCUT2D eigenvalue weighted by Gasteiger charge is -2.39. The van der Waals surface area contributed by atoms with Crippen LogP contribution in [-0.2, 0) is 4.79 Å². The van der Waals surface area contributed by atoms with E-state index in [1.165, 1.54) is 25.7 Å². The highest BCUT2D eigenvalue weighted by Crippen LogP contribution is 2.34. The molecule has 2 rings (SSSR count). The predicted molar refractivity (Wildman–Crippen MR) is 70.6 cm³/mol. The maximum absolute atomic E-state index is 12.1. The molecule has 2 aliphatic rings. The number of hydrogen-bond donors (Lipinski definition) is 1. The average Bonchev–Trinajstić information content (AvgIpc) is 2.13. The van der Waals surface area contributed by atoms with E-state index in [0.717, 1.165) is 18.8 Å². The Kier molecular flexibility index (Phi) is 4.11. The summed E-state index contributed by atoms with van der Waals surface area (Å²) in [5, 5.41) is 3.34. The zero-order valence-corrected chi connectivity index (χ0v) is 11.5. The molecule has 0 radical (unpaired) electrons. The molecule has 0 aliphatic heterocycles. The van der Waals surface area contributed by atoms with Gasteiger partial charge in [0.25, 0.3) is 0 Å². The van der Waals surface area contributed by atoms with E-state index in [9.17, 15) is 4.79 Å². The summed E-state index contributed by atoms with van der Waals surface area (Å²) in [6.07, 6.45) is 7.27. The van der Waals surface area contributed by atoms with Gasteiger partial charge in [0.15, 0.2) is 0 Å². The molecule has 2 nitrogen and oxygen atoms in total. The molecule has 2 heteroatoms. The second-order valence-electron chi connectivity index (χ2n) is 6.57. The van der Waals surface area contributed by atoms with E-state index in [-0.39, 0.29) is 0 Å². The van der Waals surface area contributed by atoms with Gasteiger partial charge in [-0.15, -0.1) is 0 Å². The largest absolute Gasteiger partial charge is 0.353 e. The van der Waals surface area contributed by atoms with Gasteiger partial charge in [0.1, 0.15) is 0 Å². The molecule has 2 aliphatic carbocycles. The van der Waals surface area contributed by atoms with E-state index in [1.54, 1.807) is 0 Å². The van der Waals surface area contributed by atoms with Gasteiger partial charge in [0, 0.05) is 12.0 Å². The van der Waals surface area contributed by atoms with Crippen LogP contribution in [0.3, 0.4) is 0 Å². The zero-order chi connectivity index (χ0) is 12.4. The number of hydrogen-bond acceptors (Lipinski definition) is 1. The Balaban J connectivity index is 1.92. The molecule has 0 saturated heterocycles. The van der Waals surface area contributed by atoms with Crippen molar-refractivity contribution < 1.29 is 4.79 Å². The summed E-state index contributed by atoms with van der Waals surface area (Å²) >= 11 is 0. The Labute approximate surface area is 106 Å². The predicted octanol–water partition coefficient (Wildman–Crippen LogP) is 3.36. The molecule has 2 saturated carbocycles. The molecule has 1 N–H and O–H groups in total. The van der Waals surface area contributed by atoms with Crippen LogP contribution in [0.4, 0.5) is 0 Å². The molecule has 0 unspecified atom stereocenters. The minimum absolute atomic E-state index is 0.333. The van der Waals surface area contributed by atoms with Crippen molar-refractivity contribution >= 4 is 5.91 Å². The van der Waals surface area contributed by atoms with Crippen molar-refractivity contribution in [3.05, 3.63) is 0 Å². The Bertz CT molecular complexity index is 270. The number of rotatable bonds is 3. The molecule has 0 bridgehead atoms. The van der Waals surface area contributed by atoms with Crippen molar-refractivity contribution in [2.45, 2.75) is 65.3 Å². The molecule has 17 heavy (non-hydrogen) atoms. The summed E-state index contributed by atoms with van der Waals surface area (Å²) in [4.78, 5) is 12.1. The summed E-state index contributed by atoms with van der Waals surface area (Å²) in [7, 11) is 0. The van der Waals surface area contributed by atoms with Crippen LogP contribution in [0.2, 0.25) is 0 Å². The van der Waals surface area contributed by atoms with Gasteiger partial charge in [-0.2, -0.15) is 0 Å². The van der Waals surface area contributed by atoms with Gasteiger partial charge in [-0.25, -0.2) is 0 Å². The van der Waals surface area contributed by atoms with Crippen molar-refractivity contribution in [3.8, 4) is 0 Å². The first kappa shape index (κ1) is 12.9. The summed E-state index contributed by atoms with van der Waals surface area (Å²) in [5.74, 6) is 2.82. The lowest BCUT2D eigenvalue weighted by Crippen LogP contribution is -2.48. The second-order valence-corrected chi connectivity index (χ2v) is 6.57. The van der Waals surface area contributed by atoms with Gasteiger partial charge in [-0.3, -0.25) is 4.79 Å². The first-order valence-electron chi connectivity index (χ1n) is 7.38. The van der Waals surface area contributed by atoms with Crippen LogP contribution in [0.15, 0.2) is 0 Å². The SMILES string of the molecule is CC(C)[C@H]1CC[C@@H](C)C[C@H]1NC(=O)C1CCC1. The maximum atomic E-state index is 12.1. The van der Waals surface area contributed by atoms with Crippen LogP contribution in [0.1, 0.15) is 59.3 Å². The molecule has 98 valence electrons. The van der Waals surface area contributed by atoms with Gasteiger partial charge in [-0.05, 0) is 43.4 Å². The smallest absolute Gasteiger partial charge is 0.223 e. The van der Waals surface area contributed by atoms with Crippen molar-refractivity contribution in [3.63, 3.8) is 0 Å². The van der Waals surface area contributed by atoms with Crippen molar-refractivity contribution in [1.29, 1.82) is 0 Å². The van der Waals surface area contributed by atoms with Gasteiger partial charge >= 0.3 is 0 Å². The molecule has 0 aromatic rings. The van der Waals surface area contributed by atoms with Crippen LogP contribution in [0.5, 0.6) is 0 Å². The molecule has 0 spiro atoms. The van der Waals surface area contributed by atoms with Crippen molar-refractivity contribution in [2.24, 2.45) is 23.7 Å². The monoisotopic (exact) mass is 237 g/mol. The summed E-state index contributed by atoms with van der Waals surface area (Å²) < 4.78 is 0. The molecule has 0 aromatic heterocycles. The van der Waals surface area contributed by atoms with Crippen molar-refractivity contribution in [2.75, 3.05) is 0 Å². The lowest BCUT2D eigenvalue weighted by atomic mass is 9.73. The van der Waals surface area contributed by atoms with E-state index >= 15 is 0 Å². The van der Waals surface area contributed by atoms with E-state index < -0.39 is 0 Å². The van der Waals surface area contributed by atoms with Crippen LogP contribution in [0.25, 0.3) is 0 Å². The van der Waals surface area contributed by atoms with Crippen LogP contribution >= 0.6 is 0 Å². The standard InChI is InChI=1S/C15H27NO/c1-10(2)13-8-7-11(3)9-14(13)16-15(17)12-5-4-6-12/h10-14H,4-9H2,1-3H3,(H,16,17)/t11-,13-,14-/m1/s1. The van der Waals surface area contributed by atoms with Gasteiger partial charge in [0.05, 0.1) is 0 Å². The molecule has 2 fully saturated rings. The van der Waals surface area contributed by atoms with Gasteiger partial charge < -0.3 is 5.32 Å². The summed E-state index contributed by atoms with van der Waals surface area (Å²) in [6, 6.07) is 0.437. The van der Waals surface area contributed by atoms with E-state index in [2.05, 4.69) is 26.1 Å². The highest BCUT2D eigenvalue weighted by atomic mass is 16.2. The second kappa shape index (κ2) is 5.41. The number of nitrogens with one attached hydrogen (secondary N) is 1. The first-order valence-corrected chi connectivity index (χ1v) is 7.38. The fraction of sp³-hybridized carbons (Fsp3) is 0.933. The van der Waals surface area contributed by atoms with Gasteiger partial charge in [-0.1, -0.05) is 33.6 Å². The Morgan fingerprint density at radius 3 is 2.41 bits per heavy atom. The van der Waals surface area contributed by atoms with E-state index in [1.807, 2.05) is 0 Å². The third-order valence-electron chi connectivity index (χ3n) is 4.83. The summed E-state index contributed by atoms with van der Waals surface area (Å²) in [5.41, 5.74) is 0. The lowest BCUT2D eigenvalue weighted by molar-refractivity contribution is -0.129. The summed E-state index contributed by atoms with van der Waals surface area (Å²) in [6.45, 7) is 6.91. The fourth-order valence-electron chi connectivity index (χ4n) is 3.34. The molecule has 3 atom stereocenters. The quantitative estimate of drug-likeness (QED) is 0.801. The van der Waals surface area contributed by atoms with E-state index in [0.29, 0.717) is 29.7 Å². The molecular weight excluding hydrogens is 210 g/mol. The average molecular weight is 237 g/mol. The maximum Gasteiger partial charge on any atom is 0.223 e. The highest BCUT2D eigenvalue weighted by Gasteiger charge is 2.34. The van der Waals surface area contributed by atoms with Crippen molar-refractivity contribution in [1.82, 2.24) is 5.32 Å². The molecule has 0 aromatic carbocycles. The number of carbonyl (C=O) groups excluding carboxylic acids is 1. The Hall–Kier alpha value is -0.530. The fourth-order valence-corrected chi connectivity index (χ4v) is 3.34. The molecule has 1 amide bonds. The normalized spacial score (nSPS) is 34.5. The van der Waals surface area contributed by atoms with Crippen LogP contribution in [0, 0.1) is 23.7 Å². The minimum atomic E-state index is 0.333. The topological polar surface area (TPSA) is 29.1 Å². The third kappa shape index (κ3) is 3.02. The molecule has 0 heterocycles. The van der Waals surface area contributed by atoms with Gasteiger partial charge in [0.2, 0.25) is 5.91 Å². The number of amides is 1. The Morgan fingerprint density at radius 2 is 1.88 bits per heavy atom. The van der Waals surface area contributed by atoms with E-state index in [4.69, 9.17) is 0 Å². The molecular formula is C15H27NO. The zero-order valence-electron chi connectivity index (χ0n) is 11.5. The van der Waals surface area contributed by atoms with Crippen LogP contribution in [-0.4, -0.2) is 11.9 Å². The Morgan fingerprint density at radius 1 is 1.18 bits per heavy atom. The minimum Gasteiger partial charge on any atom is -0.353 e. The van der Waals surface area contributed by atoms with Crippen LogP contribution < -0.4 is 5.32 Å². The first-order chi connectivity index (χ1) is 8.08.